The summed E-state index contributed by atoms with van der Waals surface area (Å²) in [5.74, 6) is -1.95. The predicted molar refractivity (Wildman–Crippen MR) is 111 cm³/mol. The summed E-state index contributed by atoms with van der Waals surface area (Å²) in [6.45, 7) is 1.64. The van der Waals surface area contributed by atoms with Crippen LogP contribution in [0.3, 0.4) is 0 Å². The molecule has 29 heavy (non-hydrogen) atoms. The van der Waals surface area contributed by atoms with E-state index >= 15 is 0 Å². The van der Waals surface area contributed by atoms with Crippen LogP contribution in [0.2, 0.25) is 0 Å². The van der Waals surface area contributed by atoms with Crippen LogP contribution in [0.15, 0.2) is 103 Å². The fraction of sp³-hybridized carbons (Fsp3) is 0.160. The summed E-state index contributed by atoms with van der Waals surface area (Å²) < 4.78 is 25.1. The molecule has 0 atom stereocenters. The Morgan fingerprint density at radius 1 is 0.828 bits per heavy atom. The fourth-order valence-electron chi connectivity index (χ4n) is 3.29. The van der Waals surface area contributed by atoms with Crippen LogP contribution < -0.4 is 0 Å². The molecular weight excluding hydrogens is 367 g/mol. The van der Waals surface area contributed by atoms with Gasteiger partial charge in [-0.25, -0.2) is 4.79 Å². The number of rotatable bonds is 8. The highest BCUT2D eigenvalue weighted by Gasteiger charge is 2.37. The number of hydrogen-bond donors (Lipinski definition) is 0. The van der Waals surface area contributed by atoms with Gasteiger partial charge in [0, 0.05) is 0 Å². The Bertz CT molecular complexity index is 841. The summed E-state index contributed by atoms with van der Waals surface area (Å²) >= 11 is 0. The topological polar surface area (TPSA) is 35.5 Å². The lowest BCUT2D eigenvalue weighted by molar-refractivity contribution is -0.140. The molecule has 0 radical (unpaired) electrons. The largest absolute Gasteiger partial charge is 0.461 e. The second-order valence-corrected chi connectivity index (χ2v) is 6.36. The first kappa shape index (κ1) is 20.5. The van der Waals surface area contributed by atoms with Gasteiger partial charge < -0.3 is 9.47 Å². The minimum Gasteiger partial charge on any atom is -0.461 e. The van der Waals surface area contributed by atoms with Crippen LogP contribution in [0.1, 0.15) is 23.6 Å². The number of ether oxygens (including phenoxy) is 2. The SMILES string of the molecule is CCOC(=O)C(F)=CCOC(c1ccccc1)(c1ccccc1)c1ccccc1. The van der Waals surface area contributed by atoms with Crippen molar-refractivity contribution in [3.63, 3.8) is 0 Å². The van der Waals surface area contributed by atoms with Gasteiger partial charge in [-0.3, -0.25) is 0 Å². The average molecular weight is 390 g/mol. The van der Waals surface area contributed by atoms with Gasteiger partial charge in [-0.05, 0) is 29.7 Å². The second-order valence-electron chi connectivity index (χ2n) is 6.36. The molecule has 0 aromatic heterocycles. The van der Waals surface area contributed by atoms with Gasteiger partial charge in [0.05, 0.1) is 13.2 Å². The Hall–Kier alpha value is -3.24. The summed E-state index contributed by atoms with van der Waals surface area (Å²) in [5.41, 5.74) is 1.75. The Morgan fingerprint density at radius 3 is 1.62 bits per heavy atom. The highest BCUT2D eigenvalue weighted by Crippen LogP contribution is 2.40. The molecule has 0 spiro atoms. The first-order valence-corrected chi connectivity index (χ1v) is 9.51. The molecule has 0 aliphatic carbocycles. The Balaban J connectivity index is 2.08. The Morgan fingerprint density at radius 2 is 1.24 bits per heavy atom. The van der Waals surface area contributed by atoms with E-state index in [2.05, 4.69) is 0 Å². The number of esters is 1. The van der Waals surface area contributed by atoms with Crippen molar-refractivity contribution in [1.82, 2.24) is 0 Å². The molecule has 0 saturated heterocycles. The molecule has 3 aromatic rings. The molecule has 0 fully saturated rings. The first-order valence-electron chi connectivity index (χ1n) is 9.51. The predicted octanol–water partition coefficient (Wildman–Crippen LogP) is 5.41. The van der Waals surface area contributed by atoms with Gasteiger partial charge in [-0.2, -0.15) is 4.39 Å². The normalized spacial score (nSPS) is 11.9. The van der Waals surface area contributed by atoms with Crippen molar-refractivity contribution in [3.05, 3.63) is 120 Å². The Labute approximate surface area is 170 Å². The van der Waals surface area contributed by atoms with Crippen LogP contribution in [0.25, 0.3) is 0 Å². The molecular formula is C25H23FO3. The summed E-state index contributed by atoms with van der Waals surface area (Å²) in [6.07, 6.45) is 1.11. The molecule has 0 heterocycles. The van der Waals surface area contributed by atoms with Crippen molar-refractivity contribution in [1.29, 1.82) is 0 Å². The van der Waals surface area contributed by atoms with E-state index in [-0.39, 0.29) is 13.2 Å². The molecule has 0 aliphatic rings. The zero-order chi connectivity index (χ0) is 20.5. The molecule has 0 bridgehead atoms. The zero-order valence-corrected chi connectivity index (χ0v) is 16.3. The molecule has 4 heteroatoms. The number of halogens is 1. The van der Waals surface area contributed by atoms with E-state index in [4.69, 9.17) is 9.47 Å². The van der Waals surface area contributed by atoms with Gasteiger partial charge in [0.25, 0.3) is 0 Å². The van der Waals surface area contributed by atoms with Crippen molar-refractivity contribution in [2.45, 2.75) is 12.5 Å². The highest BCUT2D eigenvalue weighted by molar-refractivity contribution is 5.85. The molecule has 3 rings (SSSR count). The lowest BCUT2D eigenvalue weighted by atomic mass is 9.80. The molecule has 0 aliphatic heterocycles. The lowest BCUT2D eigenvalue weighted by Crippen LogP contribution is -2.33. The van der Waals surface area contributed by atoms with E-state index in [9.17, 15) is 9.18 Å². The Kier molecular flexibility index (Phi) is 6.93. The van der Waals surface area contributed by atoms with Crippen LogP contribution in [0, 0.1) is 0 Å². The van der Waals surface area contributed by atoms with Crippen LogP contribution in [0.4, 0.5) is 4.39 Å². The summed E-state index contributed by atoms with van der Waals surface area (Å²) in [5, 5.41) is 0. The molecule has 3 nitrogen and oxygen atoms in total. The number of carbonyl (C=O) groups is 1. The van der Waals surface area contributed by atoms with E-state index in [1.54, 1.807) is 6.92 Å². The first-order chi connectivity index (χ1) is 14.2. The second kappa shape index (κ2) is 9.80. The minimum absolute atomic E-state index is 0.108. The summed E-state index contributed by atoms with van der Waals surface area (Å²) in [6, 6.07) is 29.3. The maximum absolute atomic E-state index is 14.1. The van der Waals surface area contributed by atoms with Crippen molar-refractivity contribution in [2.75, 3.05) is 13.2 Å². The average Bonchev–Trinajstić information content (AvgIpc) is 2.78. The smallest absolute Gasteiger partial charge is 0.366 e. The van der Waals surface area contributed by atoms with Gasteiger partial charge in [-0.15, -0.1) is 0 Å². The third-order valence-electron chi connectivity index (χ3n) is 4.57. The van der Waals surface area contributed by atoms with E-state index < -0.39 is 17.4 Å². The van der Waals surface area contributed by atoms with Crippen molar-refractivity contribution in [2.24, 2.45) is 0 Å². The third kappa shape index (κ3) is 4.61. The highest BCUT2D eigenvalue weighted by atomic mass is 19.1. The lowest BCUT2D eigenvalue weighted by Gasteiger charge is -2.35. The molecule has 0 amide bonds. The van der Waals surface area contributed by atoms with Crippen molar-refractivity contribution >= 4 is 5.97 Å². The quantitative estimate of drug-likeness (QED) is 0.293. The van der Waals surface area contributed by atoms with Crippen LogP contribution in [-0.4, -0.2) is 19.2 Å². The molecule has 0 N–H and O–H groups in total. The third-order valence-corrected chi connectivity index (χ3v) is 4.57. The van der Waals surface area contributed by atoms with Gasteiger partial charge in [0.2, 0.25) is 5.83 Å². The molecule has 3 aromatic carbocycles. The number of hydrogen-bond acceptors (Lipinski definition) is 3. The monoisotopic (exact) mass is 390 g/mol. The van der Waals surface area contributed by atoms with Gasteiger partial charge in [0.15, 0.2) is 0 Å². The van der Waals surface area contributed by atoms with E-state index in [0.29, 0.717) is 0 Å². The van der Waals surface area contributed by atoms with Gasteiger partial charge in [-0.1, -0.05) is 91.0 Å². The van der Waals surface area contributed by atoms with Crippen molar-refractivity contribution in [3.8, 4) is 0 Å². The van der Waals surface area contributed by atoms with E-state index in [1.165, 1.54) is 0 Å². The van der Waals surface area contributed by atoms with Gasteiger partial charge >= 0.3 is 5.97 Å². The molecule has 0 saturated carbocycles. The number of carbonyl (C=O) groups excluding carboxylic acids is 1. The van der Waals surface area contributed by atoms with Crippen molar-refractivity contribution < 1.29 is 18.7 Å². The van der Waals surface area contributed by atoms with Crippen LogP contribution >= 0.6 is 0 Å². The van der Waals surface area contributed by atoms with Crippen LogP contribution in [-0.2, 0) is 19.9 Å². The van der Waals surface area contributed by atoms with Gasteiger partial charge in [0.1, 0.15) is 5.60 Å². The zero-order valence-electron chi connectivity index (χ0n) is 16.3. The maximum Gasteiger partial charge on any atom is 0.366 e. The molecule has 0 unspecified atom stereocenters. The molecule has 148 valence electrons. The maximum atomic E-state index is 14.1. The summed E-state index contributed by atoms with van der Waals surface area (Å²) in [7, 11) is 0. The fourth-order valence-corrected chi connectivity index (χ4v) is 3.29. The standard InChI is InChI=1S/C25H23FO3/c1-2-28-24(27)23(26)18-19-29-25(20-12-6-3-7-13-20,21-14-8-4-9-15-21)22-16-10-5-11-17-22/h3-18H,2,19H2,1H3. The van der Waals surface area contributed by atoms with E-state index in [1.807, 2.05) is 91.0 Å². The summed E-state index contributed by atoms with van der Waals surface area (Å²) in [4.78, 5) is 11.6. The van der Waals surface area contributed by atoms with E-state index in [0.717, 1.165) is 22.8 Å². The minimum atomic E-state index is -0.985. The number of benzene rings is 3. The van der Waals surface area contributed by atoms with Crippen LogP contribution in [0.5, 0.6) is 0 Å².